The van der Waals surface area contributed by atoms with Crippen LogP contribution in [0.5, 0.6) is 0 Å². The number of rotatable bonds is 3. The summed E-state index contributed by atoms with van der Waals surface area (Å²) >= 11 is 1.34. The van der Waals surface area contributed by atoms with Crippen LogP contribution in [0.3, 0.4) is 0 Å². The van der Waals surface area contributed by atoms with Crippen LogP contribution >= 0.6 is 11.3 Å². The maximum atomic E-state index is 13.1. The van der Waals surface area contributed by atoms with Crippen LogP contribution in [0, 0.1) is 6.92 Å². The number of hydrogen-bond acceptors (Lipinski definition) is 4. The molecule has 0 saturated heterocycles. The van der Waals surface area contributed by atoms with Crippen LogP contribution in [0.1, 0.15) is 22.2 Å². The minimum atomic E-state index is -0.410. The predicted molar refractivity (Wildman–Crippen MR) is 106 cm³/mol. The van der Waals surface area contributed by atoms with Crippen molar-refractivity contribution in [2.45, 2.75) is 13.8 Å². The van der Waals surface area contributed by atoms with E-state index in [-0.39, 0.29) is 5.91 Å². The van der Waals surface area contributed by atoms with Gasteiger partial charge < -0.3 is 9.32 Å². The van der Waals surface area contributed by atoms with Crippen molar-refractivity contribution in [3.05, 3.63) is 75.5 Å². The summed E-state index contributed by atoms with van der Waals surface area (Å²) in [4.78, 5) is 27.7. The topological polar surface area (TPSA) is 50.5 Å². The lowest BCUT2D eigenvalue weighted by molar-refractivity contribution is 0.0992. The molecule has 4 aromatic rings. The van der Waals surface area contributed by atoms with Crippen LogP contribution < -0.4 is 10.5 Å². The van der Waals surface area contributed by atoms with Crippen LogP contribution in [0.25, 0.3) is 21.1 Å². The Kier molecular flexibility index (Phi) is 4.09. The van der Waals surface area contributed by atoms with Gasteiger partial charge in [-0.3, -0.25) is 4.79 Å². The molecule has 0 spiro atoms. The largest absolute Gasteiger partial charge is 0.422 e. The van der Waals surface area contributed by atoms with Crippen LogP contribution in [0.4, 0.5) is 5.69 Å². The maximum Gasteiger partial charge on any atom is 0.345 e. The third kappa shape index (κ3) is 2.70. The number of para-hydroxylation sites is 1. The van der Waals surface area contributed by atoms with E-state index in [2.05, 4.69) is 0 Å². The number of carbonyl (C=O) groups is 1. The summed E-state index contributed by atoms with van der Waals surface area (Å²) in [5, 5.41) is 1.31. The molecule has 2 aromatic carbocycles. The number of fused-ring (bicyclic) bond motifs is 3. The van der Waals surface area contributed by atoms with Gasteiger partial charge in [0.05, 0.1) is 15.0 Å². The van der Waals surface area contributed by atoms with Crippen LogP contribution in [0.2, 0.25) is 0 Å². The molecular formula is C21H17NO3S. The second-order valence-electron chi connectivity index (χ2n) is 6.13. The Balaban J connectivity index is 1.85. The predicted octanol–water partition coefficient (Wildman–Crippen LogP) is 4.98. The molecule has 26 heavy (non-hydrogen) atoms. The Morgan fingerprint density at radius 2 is 1.88 bits per heavy atom. The quantitative estimate of drug-likeness (QED) is 0.482. The van der Waals surface area contributed by atoms with Gasteiger partial charge in [0.15, 0.2) is 0 Å². The molecule has 0 atom stereocenters. The highest BCUT2D eigenvalue weighted by Crippen LogP contribution is 2.32. The summed E-state index contributed by atoms with van der Waals surface area (Å²) in [6, 6.07) is 16.9. The summed E-state index contributed by atoms with van der Waals surface area (Å²) in [5.74, 6) is -0.109. The number of carbonyl (C=O) groups excluding carboxylic acids is 1. The first-order chi connectivity index (χ1) is 12.6. The third-order valence-corrected chi connectivity index (χ3v) is 5.53. The summed E-state index contributed by atoms with van der Waals surface area (Å²) in [5.41, 5.74) is 2.08. The van der Waals surface area contributed by atoms with Crippen LogP contribution in [-0.4, -0.2) is 12.5 Å². The summed E-state index contributed by atoms with van der Waals surface area (Å²) < 4.78 is 6.17. The van der Waals surface area contributed by atoms with E-state index in [1.165, 1.54) is 11.3 Å². The van der Waals surface area contributed by atoms with Gasteiger partial charge in [-0.1, -0.05) is 24.3 Å². The van der Waals surface area contributed by atoms with Crippen molar-refractivity contribution >= 4 is 44.0 Å². The molecule has 4 nitrogen and oxygen atoms in total. The van der Waals surface area contributed by atoms with Gasteiger partial charge in [0.2, 0.25) is 0 Å². The molecule has 0 fully saturated rings. The number of anilines is 1. The number of amides is 1. The number of benzene rings is 2. The average molecular weight is 363 g/mol. The molecule has 0 saturated carbocycles. The highest BCUT2D eigenvalue weighted by molar-refractivity contribution is 7.21. The zero-order valence-electron chi connectivity index (χ0n) is 14.5. The molecule has 4 rings (SSSR count). The number of hydrogen-bond donors (Lipinski definition) is 0. The van der Waals surface area contributed by atoms with Crippen molar-refractivity contribution in [3.8, 4) is 0 Å². The van der Waals surface area contributed by atoms with Gasteiger partial charge in [-0.15, -0.1) is 11.3 Å². The van der Waals surface area contributed by atoms with E-state index < -0.39 is 5.63 Å². The first kappa shape index (κ1) is 16.5. The van der Waals surface area contributed by atoms with Gasteiger partial charge in [0, 0.05) is 17.6 Å². The van der Waals surface area contributed by atoms with E-state index in [4.69, 9.17) is 4.42 Å². The molecule has 0 aliphatic carbocycles. The molecule has 0 aliphatic rings. The first-order valence-electron chi connectivity index (χ1n) is 8.42. The minimum absolute atomic E-state index is 0.109. The molecule has 5 heteroatoms. The lowest BCUT2D eigenvalue weighted by atomic mass is 10.2. The smallest absolute Gasteiger partial charge is 0.345 e. The first-order valence-corrected chi connectivity index (χ1v) is 9.24. The van der Waals surface area contributed by atoms with E-state index in [9.17, 15) is 9.59 Å². The molecule has 1 amide bonds. The van der Waals surface area contributed by atoms with Crippen molar-refractivity contribution in [2.75, 3.05) is 11.4 Å². The minimum Gasteiger partial charge on any atom is -0.422 e. The Hall–Kier alpha value is -2.92. The Morgan fingerprint density at radius 1 is 1.08 bits per heavy atom. The van der Waals surface area contributed by atoms with Gasteiger partial charge in [-0.25, -0.2) is 4.79 Å². The van der Waals surface area contributed by atoms with E-state index in [1.54, 1.807) is 17.0 Å². The molecule has 0 bridgehead atoms. The number of aryl methyl sites for hydroxylation is 1. The summed E-state index contributed by atoms with van der Waals surface area (Å²) in [6.45, 7) is 4.49. The molecular weight excluding hydrogens is 346 g/mol. The summed E-state index contributed by atoms with van der Waals surface area (Å²) in [7, 11) is 0. The van der Waals surface area contributed by atoms with E-state index in [0.717, 1.165) is 21.3 Å². The second-order valence-corrected chi connectivity index (χ2v) is 7.18. The monoisotopic (exact) mass is 363 g/mol. The average Bonchev–Trinajstić information content (AvgIpc) is 3.09. The molecule has 2 aromatic heterocycles. The molecule has 0 N–H and O–H groups in total. The highest BCUT2D eigenvalue weighted by Gasteiger charge is 2.21. The fourth-order valence-corrected chi connectivity index (χ4v) is 4.24. The van der Waals surface area contributed by atoms with E-state index >= 15 is 0 Å². The fourth-order valence-electron chi connectivity index (χ4n) is 3.12. The zero-order valence-corrected chi connectivity index (χ0v) is 15.3. The normalized spacial score (nSPS) is 11.2. The SMILES string of the molecule is CCN(C(=O)c1cc2c(=O)oc3ccccc3c2s1)c1cccc(C)c1. The maximum absolute atomic E-state index is 13.1. The Morgan fingerprint density at radius 3 is 2.65 bits per heavy atom. The standard InChI is InChI=1S/C21H17NO3S/c1-3-22(14-8-6-7-13(2)11-14)20(23)18-12-16-19(26-18)15-9-4-5-10-17(15)25-21(16)24/h4-12H,3H2,1-2H3. The van der Waals surface area contributed by atoms with Crippen LogP contribution in [0.15, 0.2) is 63.8 Å². The Labute approximate surface area is 154 Å². The van der Waals surface area contributed by atoms with Crippen molar-refractivity contribution in [1.82, 2.24) is 0 Å². The number of thiophene rings is 1. The highest BCUT2D eigenvalue weighted by atomic mass is 32.1. The second kappa shape index (κ2) is 6.42. The molecule has 2 heterocycles. The zero-order chi connectivity index (χ0) is 18.3. The Bertz CT molecular complexity index is 1190. The van der Waals surface area contributed by atoms with Crippen molar-refractivity contribution in [3.63, 3.8) is 0 Å². The molecule has 130 valence electrons. The molecule has 0 aliphatic heterocycles. The molecule has 0 unspecified atom stereocenters. The van der Waals surface area contributed by atoms with Gasteiger partial charge in [-0.05, 0) is 49.7 Å². The third-order valence-electron chi connectivity index (χ3n) is 4.37. The van der Waals surface area contributed by atoms with Crippen molar-refractivity contribution < 1.29 is 9.21 Å². The molecule has 0 radical (unpaired) electrons. The van der Waals surface area contributed by atoms with Crippen LogP contribution in [-0.2, 0) is 0 Å². The fraction of sp³-hybridized carbons (Fsp3) is 0.143. The van der Waals surface area contributed by atoms with Crippen molar-refractivity contribution in [2.24, 2.45) is 0 Å². The van der Waals surface area contributed by atoms with E-state index in [0.29, 0.717) is 22.4 Å². The van der Waals surface area contributed by atoms with Crippen molar-refractivity contribution in [1.29, 1.82) is 0 Å². The van der Waals surface area contributed by atoms with Gasteiger partial charge in [-0.2, -0.15) is 0 Å². The number of nitrogens with zero attached hydrogens (tertiary/aromatic N) is 1. The van der Waals surface area contributed by atoms with Gasteiger partial charge in [0.25, 0.3) is 5.91 Å². The van der Waals surface area contributed by atoms with Gasteiger partial charge >= 0.3 is 5.63 Å². The van der Waals surface area contributed by atoms with E-state index in [1.807, 2.05) is 56.3 Å². The lowest BCUT2D eigenvalue weighted by Gasteiger charge is -2.20. The van der Waals surface area contributed by atoms with Gasteiger partial charge in [0.1, 0.15) is 5.58 Å². The summed E-state index contributed by atoms with van der Waals surface area (Å²) in [6.07, 6.45) is 0. The lowest BCUT2D eigenvalue weighted by Crippen LogP contribution is -2.29.